The number of ether oxygens (including phenoxy) is 1. The molecule has 1 aromatic carbocycles. The Morgan fingerprint density at radius 1 is 0.941 bits per heavy atom. The highest BCUT2D eigenvalue weighted by Gasteiger charge is 2.28. The van der Waals surface area contributed by atoms with E-state index in [9.17, 15) is 13.2 Å². The van der Waals surface area contributed by atoms with Crippen LogP contribution in [0.1, 0.15) is 33.3 Å². The van der Waals surface area contributed by atoms with Crippen molar-refractivity contribution in [1.29, 1.82) is 0 Å². The summed E-state index contributed by atoms with van der Waals surface area (Å²) in [5.41, 5.74) is 0.986. The molecule has 100 valence electrons. The van der Waals surface area contributed by atoms with Gasteiger partial charge in [0.05, 0.1) is 0 Å². The summed E-state index contributed by atoms with van der Waals surface area (Å²) in [6.45, 7) is 8.61. The molecule has 0 bridgehead atoms. The maximum Gasteiger partial charge on any atom is 0.422 e. The van der Waals surface area contributed by atoms with Crippen LogP contribution in [-0.4, -0.2) is 12.8 Å². The highest BCUT2D eigenvalue weighted by atomic mass is 19.4. The second-order valence-corrected chi connectivity index (χ2v) is 2.72. The Morgan fingerprint density at radius 2 is 1.35 bits per heavy atom. The van der Waals surface area contributed by atoms with Gasteiger partial charge in [0, 0.05) is 0 Å². The van der Waals surface area contributed by atoms with Crippen molar-refractivity contribution in [3.63, 3.8) is 0 Å². The summed E-state index contributed by atoms with van der Waals surface area (Å²) in [6, 6.07) is 6.43. The molecule has 0 aliphatic carbocycles. The molecular weight excluding hydrogens is 229 g/mol. The smallest absolute Gasteiger partial charge is 0.422 e. The van der Waals surface area contributed by atoms with Gasteiger partial charge < -0.3 is 4.74 Å². The van der Waals surface area contributed by atoms with Crippen molar-refractivity contribution in [2.75, 3.05) is 6.61 Å². The molecule has 0 saturated heterocycles. The van der Waals surface area contributed by atoms with E-state index in [0.717, 1.165) is 5.56 Å². The zero-order valence-corrected chi connectivity index (χ0v) is 11.1. The Bertz CT molecular complexity index is 265. The van der Waals surface area contributed by atoms with Crippen molar-refractivity contribution < 1.29 is 17.9 Å². The number of aryl methyl sites for hydroxylation is 1. The average molecular weight is 250 g/mol. The molecule has 4 heteroatoms. The molecule has 0 amide bonds. The van der Waals surface area contributed by atoms with Gasteiger partial charge in [0.2, 0.25) is 0 Å². The highest BCUT2D eigenvalue weighted by molar-refractivity contribution is 5.26. The lowest BCUT2D eigenvalue weighted by Gasteiger charge is -2.08. The Kier molecular flexibility index (Phi) is 10.7. The zero-order chi connectivity index (χ0) is 13.9. The van der Waals surface area contributed by atoms with Crippen molar-refractivity contribution in [3.8, 4) is 5.75 Å². The van der Waals surface area contributed by atoms with Crippen LogP contribution in [0.3, 0.4) is 0 Å². The molecule has 0 unspecified atom stereocenters. The predicted molar refractivity (Wildman–Crippen MR) is 65.4 cm³/mol. The SMILES string of the molecule is CC.CC.Cc1ccc(OCC(F)(F)F)cc1. The largest absolute Gasteiger partial charge is 0.484 e. The maximum absolute atomic E-state index is 11.7. The van der Waals surface area contributed by atoms with E-state index in [-0.39, 0.29) is 5.75 Å². The predicted octanol–water partition coefficient (Wildman–Crippen LogP) is 4.99. The fourth-order valence-electron chi connectivity index (χ4n) is 0.800. The minimum atomic E-state index is -4.27. The standard InChI is InChI=1S/C9H9F3O.2C2H6/c1-7-2-4-8(5-3-7)13-6-9(10,11)12;2*1-2/h2-5H,6H2,1H3;2*1-2H3. The molecule has 0 aromatic heterocycles. The Balaban J connectivity index is 0. The third kappa shape index (κ3) is 11.1. The number of benzene rings is 1. The summed E-state index contributed by atoms with van der Waals surface area (Å²) in [5.74, 6) is 0.239. The lowest BCUT2D eigenvalue weighted by Crippen LogP contribution is -2.19. The molecule has 1 rings (SSSR count). The van der Waals surface area contributed by atoms with E-state index < -0.39 is 12.8 Å². The molecule has 0 spiro atoms. The Hall–Kier alpha value is -1.19. The molecule has 0 atom stereocenters. The fraction of sp³-hybridized carbons (Fsp3) is 0.538. The zero-order valence-electron chi connectivity index (χ0n) is 11.1. The first-order valence-electron chi connectivity index (χ1n) is 5.73. The molecule has 0 fully saturated rings. The van der Waals surface area contributed by atoms with Crippen LogP contribution in [0.25, 0.3) is 0 Å². The minimum absolute atomic E-state index is 0.239. The molecule has 17 heavy (non-hydrogen) atoms. The monoisotopic (exact) mass is 250 g/mol. The lowest BCUT2D eigenvalue weighted by molar-refractivity contribution is -0.153. The normalized spacial score (nSPS) is 9.41. The Morgan fingerprint density at radius 3 is 1.71 bits per heavy atom. The number of hydrogen-bond acceptors (Lipinski definition) is 1. The summed E-state index contributed by atoms with van der Waals surface area (Å²) in [5, 5.41) is 0. The van der Waals surface area contributed by atoms with E-state index in [1.807, 2.05) is 34.6 Å². The molecule has 1 nitrogen and oxygen atoms in total. The van der Waals surface area contributed by atoms with E-state index in [1.54, 1.807) is 12.1 Å². The summed E-state index contributed by atoms with van der Waals surface area (Å²) in [6.07, 6.45) is -4.27. The summed E-state index contributed by atoms with van der Waals surface area (Å²) in [4.78, 5) is 0. The van der Waals surface area contributed by atoms with Crippen LogP contribution in [0.2, 0.25) is 0 Å². The fourth-order valence-corrected chi connectivity index (χ4v) is 0.800. The van der Waals surface area contributed by atoms with Crippen LogP contribution in [0.5, 0.6) is 5.75 Å². The summed E-state index contributed by atoms with van der Waals surface area (Å²) >= 11 is 0. The third-order valence-electron chi connectivity index (χ3n) is 1.42. The van der Waals surface area contributed by atoms with Gasteiger partial charge in [-0.05, 0) is 19.1 Å². The van der Waals surface area contributed by atoms with Crippen LogP contribution < -0.4 is 4.74 Å². The molecule has 0 N–H and O–H groups in total. The van der Waals surface area contributed by atoms with Crippen molar-refractivity contribution in [3.05, 3.63) is 29.8 Å². The van der Waals surface area contributed by atoms with E-state index in [2.05, 4.69) is 4.74 Å². The Labute approximate surface area is 102 Å². The van der Waals surface area contributed by atoms with Crippen LogP contribution in [0.4, 0.5) is 13.2 Å². The number of alkyl halides is 3. The van der Waals surface area contributed by atoms with E-state index >= 15 is 0 Å². The summed E-state index contributed by atoms with van der Waals surface area (Å²) in [7, 11) is 0. The first kappa shape index (κ1) is 18.2. The van der Waals surface area contributed by atoms with Gasteiger partial charge in [0.15, 0.2) is 6.61 Å². The van der Waals surface area contributed by atoms with Crippen LogP contribution in [0.15, 0.2) is 24.3 Å². The van der Waals surface area contributed by atoms with Gasteiger partial charge in [0.25, 0.3) is 0 Å². The van der Waals surface area contributed by atoms with Gasteiger partial charge in [0.1, 0.15) is 5.75 Å². The highest BCUT2D eigenvalue weighted by Crippen LogP contribution is 2.18. The minimum Gasteiger partial charge on any atom is -0.484 e. The van der Waals surface area contributed by atoms with E-state index in [1.165, 1.54) is 12.1 Å². The van der Waals surface area contributed by atoms with Crippen molar-refractivity contribution in [2.24, 2.45) is 0 Å². The van der Waals surface area contributed by atoms with Gasteiger partial charge >= 0.3 is 6.18 Å². The number of hydrogen-bond donors (Lipinski definition) is 0. The number of halogens is 3. The van der Waals surface area contributed by atoms with Crippen LogP contribution in [0, 0.1) is 6.92 Å². The molecule has 0 aliphatic rings. The second-order valence-electron chi connectivity index (χ2n) is 2.72. The molecule has 0 heterocycles. The quantitative estimate of drug-likeness (QED) is 0.718. The van der Waals surface area contributed by atoms with Gasteiger partial charge in [-0.1, -0.05) is 45.4 Å². The lowest BCUT2D eigenvalue weighted by atomic mass is 10.2. The van der Waals surface area contributed by atoms with Gasteiger partial charge in [-0.3, -0.25) is 0 Å². The molecule has 0 saturated carbocycles. The van der Waals surface area contributed by atoms with Crippen molar-refractivity contribution >= 4 is 0 Å². The van der Waals surface area contributed by atoms with Crippen LogP contribution in [-0.2, 0) is 0 Å². The topological polar surface area (TPSA) is 9.23 Å². The molecule has 0 radical (unpaired) electrons. The van der Waals surface area contributed by atoms with E-state index in [4.69, 9.17) is 0 Å². The second kappa shape index (κ2) is 10.00. The van der Waals surface area contributed by atoms with Crippen LogP contribution >= 0.6 is 0 Å². The molecule has 0 aliphatic heterocycles. The molecule has 1 aromatic rings. The first-order chi connectivity index (χ1) is 7.97. The summed E-state index contributed by atoms with van der Waals surface area (Å²) < 4.78 is 39.6. The number of rotatable bonds is 2. The van der Waals surface area contributed by atoms with Crippen molar-refractivity contribution in [1.82, 2.24) is 0 Å². The van der Waals surface area contributed by atoms with Crippen molar-refractivity contribution in [2.45, 2.75) is 40.8 Å². The maximum atomic E-state index is 11.7. The van der Waals surface area contributed by atoms with Gasteiger partial charge in [-0.25, -0.2) is 0 Å². The first-order valence-corrected chi connectivity index (χ1v) is 5.73. The average Bonchev–Trinajstić information content (AvgIpc) is 2.33. The third-order valence-corrected chi connectivity index (χ3v) is 1.42. The molecular formula is C13H21F3O. The van der Waals surface area contributed by atoms with Gasteiger partial charge in [-0.2, -0.15) is 13.2 Å². The van der Waals surface area contributed by atoms with E-state index in [0.29, 0.717) is 0 Å². The van der Waals surface area contributed by atoms with Gasteiger partial charge in [-0.15, -0.1) is 0 Å².